The molecule has 0 saturated heterocycles. The number of aromatic nitrogens is 1. The Morgan fingerprint density at radius 3 is 2.82 bits per heavy atom. The normalized spacial score (nSPS) is 17.5. The van der Waals surface area contributed by atoms with Gasteiger partial charge in [-0.1, -0.05) is 0 Å². The summed E-state index contributed by atoms with van der Waals surface area (Å²) in [5.41, 5.74) is -0.630. The molecule has 0 fully saturated rings. The van der Waals surface area contributed by atoms with E-state index in [1.54, 1.807) is 46.1 Å². The van der Waals surface area contributed by atoms with Crippen LogP contribution in [-0.4, -0.2) is 42.3 Å². The first-order chi connectivity index (χ1) is 9.78. The standard InChI is InChI=1S/C14H19N3O4.ClH/c1-14(2,3)21-13(19)16-9-8-20-10-6-5-7-15-11(10)17(4)12(9)18;/h5-7,9H,8H2,1-4H3,(H,16,19);1H/t9-;/m0./s1. The van der Waals surface area contributed by atoms with E-state index in [4.69, 9.17) is 9.47 Å². The molecule has 2 amide bonds. The van der Waals surface area contributed by atoms with Gasteiger partial charge in [-0.05, 0) is 32.9 Å². The lowest BCUT2D eigenvalue weighted by atomic mass is 10.2. The van der Waals surface area contributed by atoms with E-state index in [0.29, 0.717) is 11.6 Å². The number of amides is 2. The van der Waals surface area contributed by atoms with E-state index in [9.17, 15) is 9.59 Å². The fourth-order valence-corrected chi connectivity index (χ4v) is 1.88. The van der Waals surface area contributed by atoms with Crippen LogP contribution in [0.4, 0.5) is 10.6 Å². The Hall–Kier alpha value is -2.02. The summed E-state index contributed by atoms with van der Waals surface area (Å²) in [5.74, 6) is 0.621. The van der Waals surface area contributed by atoms with Crippen LogP contribution in [0.1, 0.15) is 20.8 Å². The van der Waals surface area contributed by atoms with E-state index < -0.39 is 17.7 Å². The molecule has 1 N–H and O–H groups in total. The minimum Gasteiger partial charge on any atom is -0.487 e. The van der Waals surface area contributed by atoms with Gasteiger partial charge in [0.2, 0.25) is 0 Å². The number of anilines is 1. The topological polar surface area (TPSA) is 80.8 Å². The van der Waals surface area contributed by atoms with Crippen molar-refractivity contribution in [1.29, 1.82) is 0 Å². The predicted molar refractivity (Wildman–Crippen MR) is 83.5 cm³/mol. The maximum atomic E-state index is 12.3. The van der Waals surface area contributed by atoms with Crippen molar-refractivity contribution in [3.8, 4) is 5.75 Å². The first-order valence-corrected chi connectivity index (χ1v) is 6.63. The highest BCUT2D eigenvalue weighted by atomic mass is 35.5. The zero-order valence-corrected chi connectivity index (χ0v) is 13.8. The fraction of sp³-hybridized carbons (Fsp3) is 0.500. The molecule has 2 heterocycles. The third-order valence-electron chi connectivity index (χ3n) is 2.79. The van der Waals surface area contributed by atoms with Crippen LogP contribution in [0.2, 0.25) is 0 Å². The zero-order chi connectivity index (χ0) is 15.6. The molecule has 1 aliphatic rings. The number of halogens is 1. The molecule has 0 aliphatic carbocycles. The molecule has 22 heavy (non-hydrogen) atoms. The van der Waals surface area contributed by atoms with Crippen LogP contribution in [-0.2, 0) is 9.53 Å². The third-order valence-corrected chi connectivity index (χ3v) is 2.79. The van der Waals surface area contributed by atoms with Gasteiger partial charge in [0.1, 0.15) is 18.2 Å². The molecular formula is C14H20ClN3O4. The third kappa shape index (κ3) is 4.24. The van der Waals surface area contributed by atoms with Gasteiger partial charge < -0.3 is 14.8 Å². The van der Waals surface area contributed by atoms with E-state index in [-0.39, 0.29) is 24.9 Å². The van der Waals surface area contributed by atoms with Gasteiger partial charge in [0.05, 0.1) is 0 Å². The second-order valence-corrected chi connectivity index (χ2v) is 5.73. The van der Waals surface area contributed by atoms with Crippen molar-refractivity contribution in [2.75, 3.05) is 18.6 Å². The molecule has 8 heteroatoms. The lowest BCUT2D eigenvalue weighted by molar-refractivity contribution is -0.120. The van der Waals surface area contributed by atoms with Crippen LogP contribution in [0.3, 0.4) is 0 Å². The first-order valence-electron chi connectivity index (χ1n) is 6.63. The molecule has 7 nitrogen and oxygen atoms in total. The highest BCUT2D eigenvalue weighted by Crippen LogP contribution is 2.27. The predicted octanol–water partition coefficient (Wildman–Crippen LogP) is 1.75. The van der Waals surface area contributed by atoms with Gasteiger partial charge in [-0.3, -0.25) is 9.69 Å². The molecule has 0 unspecified atom stereocenters. The van der Waals surface area contributed by atoms with Gasteiger partial charge >= 0.3 is 6.09 Å². The van der Waals surface area contributed by atoms with Crippen molar-refractivity contribution in [2.45, 2.75) is 32.4 Å². The smallest absolute Gasteiger partial charge is 0.408 e. The molecule has 2 rings (SSSR count). The summed E-state index contributed by atoms with van der Waals surface area (Å²) in [6.45, 7) is 5.29. The Kier molecular flexibility index (Phi) is 5.59. The van der Waals surface area contributed by atoms with Crippen LogP contribution < -0.4 is 15.0 Å². The molecule has 0 spiro atoms. The van der Waals surface area contributed by atoms with Crippen molar-refractivity contribution in [2.24, 2.45) is 0 Å². The van der Waals surface area contributed by atoms with E-state index in [0.717, 1.165) is 0 Å². The van der Waals surface area contributed by atoms with E-state index >= 15 is 0 Å². The summed E-state index contributed by atoms with van der Waals surface area (Å²) in [6.07, 6.45) is 0.921. The van der Waals surface area contributed by atoms with E-state index in [2.05, 4.69) is 10.3 Å². The Bertz CT molecular complexity index is 559. The minimum absolute atomic E-state index is 0. The Labute approximate surface area is 135 Å². The van der Waals surface area contributed by atoms with Crippen molar-refractivity contribution in [1.82, 2.24) is 10.3 Å². The first kappa shape index (κ1) is 18.0. The molecule has 1 aliphatic heterocycles. The summed E-state index contributed by atoms with van der Waals surface area (Å²) in [4.78, 5) is 29.6. The maximum Gasteiger partial charge on any atom is 0.408 e. The highest BCUT2D eigenvalue weighted by molar-refractivity contribution is 5.99. The van der Waals surface area contributed by atoms with Gasteiger partial charge in [0.25, 0.3) is 5.91 Å². The molecule has 122 valence electrons. The summed E-state index contributed by atoms with van der Waals surface area (Å²) in [6, 6.07) is 2.62. The number of likely N-dealkylation sites (N-methyl/N-ethyl adjacent to an activating group) is 1. The quantitative estimate of drug-likeness (QED) is 0.849. The van der Waals surface area contributed by atoms with E-state index in [1.165, 1.54) is 4.90 Å². The van der Waals surface area contributed by atoms with Crippen LogP contribution in [0.5, 0.6) is 5.75 Å². The number of nitrogens with zero attached hydrogens (tertiary/aromatic N) is 2. The molecule has 0 bridgehead atoms. The summed E-state index contributed by atoms with van der Waals surface area (Å²) in [7, 11) is 1.59. The highest BCUT2D eigenvalue weighted by Gasteiger charge is 2.32. The molecule has 1 atom stereocenters. The Balaban J connectivity index is 0.00000242. The van der Waals surface area contributed by atoms with Gasteiger partial charge in [-0.2, -0.15) is 0 Å². The fourth-order valence-electron chi connectivity index (χ4n) is 1.88. The number of fused-ring (bicyclic) bond motifs is 1. The van der Waals surface area contributed by atoms with Crippen molar-refractivity contribution in [3.05, 3.63) is 18.3 Å². The SMILES string of the molecule is CN1C(=O)[C@@H](NC(=O)OC(C)(C)C)COc2cccnc21.Cl. The molecule has 1 aromatic rings. The number of rotatable bonds is 1. The maximum absolute atomic E-state index is 12.3. The van der Waals surface area contributed by atoms with Crippen molar-refractivity contribution < 1.29 is 19.1 Å². The van der Waals surface area contributed by atoms with Gasteiger partial charge in [-0.15, -0.1) is 12.4 Å². The molecule has 0 aromatic carbocycles. The molecule has 0 saturated carbocycles. The number of hydrogen-bond acceptors (Lipinski definition) is 5. The second kappa shape index (κ2) is 6.83. The Morgan fingerprint density at radius 2 is 2.18 bits per heavy atom. The molecule has 0 radical (unpaired) electrons. The number of ether oxygens (including phenoxy) is 2. The number of alkyl carbamates (subject to hydrolysis) is 1. The zero-order valence-electron chi connectivity index (χ0n) is 13.0. The number of nitrogens with one attached hydrogen (secondary N) is 1. The lowest BCUT2D eigenvalue weighted by Gasteiger charge is -2.23. The van der Waals surface area contributed by atoms with Gasteiger partial charge in [-0.25, -0.2) is 9.78 Å². The molecular weight excluding hydrogens is 310 g/mol. The average molecular weight is 330 g/mol. The number of pyridine rings is 1. The number of carbonyl (C=O) groups is 2. The number of carbonyl (C=O) groups excluding carboxylic acids is 2. The van der Waals surface area contributed by atoms with Crippen LogP contribution in [0.15, 0.2) is 18.3 Å². The Morgan fingerprint density at radius 1 is 1.50 bits per heavy atom. The van der Waals surface area contributed by atoms with Crippen LogP contribution in [0, 0.1) is 0 Å². The lowest BCUT2D eigenvalue weighted by Crippen LogP contribution is -2.50. The van der Waals surface area contributed by atoms with Crippen molar-refractivity contribution >= 4 is 30.2 Å². The minimum atomic E-state index is -0.820. The monoisotopic (exact) mass is 329 g/mol. The van der Waals surface area contributed by atoms with Gasteiger partial charge in [0.15, 0.2) is 11.6 Å². The van der Waals surface area contributed by atoms with Crippen LogP contribution in [0.25, 0.3) is 0 Å². The number of hydrogen-bond donors (Lipinski definition) is 1. The second-order valence-electron chi connectivity index (χ2n) is 5.73. The largest absolute Gasteiger partial charge is 0.487 e. The van der Waals surface area contributed by atoms with Crippen molar-refractivity contribution in [3.63, 3.8) is 0 Å². The summed E-state index contributed by atoms with van der Waals surface area (Å²) in [5, 5.41) is 2.53. The average Bonchev–Trinajstić information content (AvgIpc) is 2.50. The summed E-state index contributed by atoms with van der Waals surface area (Å²) < 4.78 is 10.7. The van der Waals surface area contributed by atoms with Crippen LogP contribution >= 0.6 is 12.4 Å². The van der Waals surface area contributed by atoms with E-state index in [1.807, 2.05) is 0 Å². The van der Waals surface area contributed by atoms with Gasteiger partial charge in [0, 0.05) is 13.2 Å². The summed E-state index contributed by atoms with van der Waals surface area (Å²) >= 11 is 0. The molecule has 1 aromatic heterocycles.